The number of aromatic nitrogens is 2. The number of fused-ring (bicyclic) bond motifs is 1. The number of amides is 1. The smallest absolute Gasteiger partial charge is 0.272 e. The molecular formula is C21H23N3O3S2. The number of carbonyl (C=O) groups excluding carboxylic acids is 1. The summed E-state index contributed by atoms with van der Waals surface area (Å²) in [5.74, 6) is 0.983. The second-order valence-corrected chi connectivity index (χ2v) is 8.97. The van der Waals surface area contributed by atoms with E-state index in [4.69, 9.17) is 4.74 Å². The van der Waals surface area contributed by atoms with E-state index in [0.717, 1.165) is 24.2 Å². The van der Waals surface area contributed by atoms with E-state index in [1.807, 2.05) is 35.7 Å². The van der Waals surface area contributed by atoms with Gasteiger partial charge in [-0.1, -0.05) is 36.7 Å². The number of methoxy groups -OCH3 is 1. The van der Waals surface area contributed by atoms with Crippen molar-refractivity contribution >= 4 is 39.2 Å². The Balaban J connectivity index is 1.58. The molecule has 1 N–H and O–H groups in total. The highest BCUT2D eigenvalue weighted by Crippen LogP contribution is 2.23. The van der Waals surface area contributed by atoms with Crippen molar-refractivity contribution in [1.29, 1.82) is 0 Å². The van der Waals surface area contributed by atoms with Crippen molar-refractivity contribution in [3.63, 3.8) is 0 Å². The molecule has 8 heteroatoms. The summed E-state index contributed by atoms with van der Waals surface area (Å²) in [4.78, 5) is 30.1. The number of nitrogens with one attached hydrogen (secondary N) is 1. The molecule has 2 heterocycles. The minimum absolute atomic E-state index is 0.00510. The molecule has 1 aliphatic carbocycles. The van der Waals surface area contributed by atoms with Crippen LogP contribution in [0, 0.1) is 0 Å². The summed E-state index contributed by atoms with van der Waals surface area (Å²) >= 11 is 2.70. The molecule has 1 aromatic carbocycles. The van der Waals surface area contributed by atoms with E-state index in [0.29, 0.717) is 21.9 Å². The quantitative estimate of drug-likeness (QED) is 0.458. The Hall–Kier alpha value is -2.32. The predicted octanol–water partition coefficient (Wildman–Crippen LogP) is 3.67. The number of thiophene rings is 1. The molecule has 0 saturated heterocycles. The van der Waals surface area contributed by atoms with Gasteiger partial charge in [0.15, 0.2) is 5.16 Å². The van der Waals surface area contributed by atoms with Crippen molar-refractivity contribution in [2.75, 3.05) is 12.9 Å². The minimum atomic E-state index is -0.0773. The lowest BCUT2D eigenvalue weighted by molar-refractivity contribution is -0.119. The Morgan fingerprint density at radius 3 is 2.97 bits per heavy atom. The van der Waals surface area contributed by atoms with E-state index < -0.39 is 0 Å². The van der Waals surface area contributed by atoms with Crippen LogP contribution in [0.4, 0.5) is 0 Å². The highest BCUT2D eigenvalue weighted by molar-refractivity contribution is 7.99. The molecule has 4 rings (SSSR count). The molecule has 152 valence electrons. The molecule has 0 bridgehead atoms. The lowest BCUT2D eigenvalue weighted by Crippen LogP contribution is -2.34. The third-order valence-electron chi connectivity index (χ3n) is 5.06. The first-order valence-corrected chi connectivity index (χ1v) is 11.5. The Kier molecular flexibility index (Phi) is 6.20. The first kappa shape index (κ1) is 20.0. The zero-order chi connectivity index (χ0) is 20.2. The molecule has 3 aromatic rings. The van der Waals surface area contributed by atoms with Gasteiger partial charge in [-0.2, -0.15) is 0 Å². The minimum Gasteiger partial charge on any atom is -0.497 e. The highest BCUT2D eigenvalue weighted by Gasteiger charge is 2.19. The predicted molar refractivity (Wildman–Crippen MR) is 117 cm³/mol. The molecule has 0 spiro atoms. The number of ether oxygens (including phenoxy) is 1. The van der Waals surface area contributed by atoms with Gasteiger partial charge in [0.25, 0.3) is 5.56 Å². The molecule has 29 heavy (non-hydrogen) atoms. The normalized spacial score (nSPS) is 14.4. The number of nitrogens with zero attached hydrogens (tertiary/aromatic N) is 2. The lowest BCUT2D eigenvalue weighted by atomic mass is 10.2. The summed E-state index contributed by atoms with van der Waals surface area (Å²) in [6.45, 7) is 0.378. The monoisotopic (exact) mass is 429 g/mol. The summed E-state index contributed by atoms with van der Waals surface area (Å²) in [5, 5.41) is 5.52. The van der Waals surface area contributed by atoms with E-state index in [1.165, 1.54) is 35.9 Å². The molecule has 0 atom stereocenters. The van der Waals surface area contributed by atoms with Crippen LogP contribution in [0.3, 0.4) is 0 Å². The second kappa shape index (κ2) is 9.00. The zero-order valence-corrected chi connectivity index (χ0v) is 17.9. The van der Waals surface area contributed by atoms with Crippen LogP contribution in [-0.4, -0.2) is 34.4 Å². The van der Waals surface area contributed by atoms with E-state index >= 15 is 0 Å². The van der Waals surface area contributed by atoms with Crippen molar-refractivity contribution < 1.29 is 9.53 Å². The maximum atomic E-state index is 13.1. The van der Waals surface area contributed by atoms with Crippen molar-refractivity contribution in [3.05, 3.63) is 51.6 Å². The number of thioether (sulfide) groups is 1. The molecule has 2 aromatic heterocycles. The van der Waals surface area contributed by atoms with Crippen molar-refractivity contribution in [2.45, 2.75) is 43.4 Å². The van der Waals surface area contributed by atoms with Crippen molar-refractivity contribution in [2.24, 2.45) is 0 Å². The van der Waals surface area contributed by atoms with Gasteiger partial charge in [0.05, 0.1) is 24.9 Å². The van der Waals surface area contributed by atoms with Crippen LogP contribution in [0.15, 0.2) is 45.7 Å². The van der Waals surface area contributed by atoms with Crippen LogP contribution < -0.4 is 15.6 Å². The number of rotatable bonds is 7. The molecule has 1 amide bonds. The summed E-state index contributed by atoms with van der Waals surface area (Å²) < 4.78 is 7.58. The van der Waals surface area contributed by atoms with Crippen LogP contribution in [0.5, 0.6) is 5.75 Å². The summed E-state index contributed by atoms with van der Waals surface area (Å²) in [7, 11) is 1.62. The molecule has 1 saturated carbocycles. The van der Waals surface area contributed by atoms with E-state index in [1.54, 1.807) is 11.7 Å². The average molecular weight is 430 g/mol. The fourth-order valence-corrected chi connectivity index (χ4v) is 5.18. The van der Waals surface area contributed by atoms with Crippen LogP contribution in [0.2, 0.25) is 0 Å². The Bertz CT molecular complexity index is 1070. The van der Waals surface area contributed by atoms with E-state index in [2.05, 4.69) is 10.3 Å². The summed E-state index contributed by atoms with van der Waals surface area (Å²) in [5.41, 5.74) is 1.55. The zero-order valence-electron chi connectivity index (χ0n) is 16.2. The van der Waals surface area contributed by atoms with Gasteiger partial charge in [-0.05, 0) is 42.0 Å². The molecule has 6 nitrogen and oxygen atoms in total. The lowest BCUT2D eigenvalue weighted by Gasteiger charge is -2.14. The van der Waals surface area contributed by atoms with Crippen LogP contribution >= 0.6 is 23.1 Å². The van der Waals surface area contributed by atoms with Gasteiger partial charge in [-0.25, -0.2) is 4.98 Å². The maximum absolute atomic E-state index is 13.1. The van der Waals surface area contributed by atoms with E-state index in [9.17, 15) is 9.59 Å². The van der Waals surface area contributed by atoms with Crippen LogP contribution in [-0.2, 0) is 11.3 Å². The van der Waals surface area contributed by atoms with Gasteiger partial charge in [0.2, 0.25) is 5.91 Å². The van der Waals surface area contributed by atoms with Gasteiger partial charge in [-0.3, -0.25) is 14.2 Å². The van der Waals surface area contributed by atoms with Crippen molar-refractivity contribution in [3.8, 4) is 5.75 Å². The van der Waals surface area contributed by atoms with Gasteiger partial charge < -0.3 is 10.1 Å². The fourth-order valence-electron chi connectivity index (χ4n) is 3.60. The van der Waals surface area contributed by atoms with Crippen LogP contribution in [0.1, 0.15) is 31.2 Å². The molecular weight excluding hydrogens is 406 g/mol. The van der Waals surface area contributed by atoms with Gasteiger partial charge in [0, 0.05) is 6.04 Å². The molecule has 1 aliphatic rings. The Morgan fingerprint density at radius 1 is 1.34 bits per heavy atom. The second-order valence-electron chi connectivity index (χ2n) is 7.11. The van der Waals surface area contributed by atoms with E-state index in [-0.39, 0.29) is 23.3 Å². The third-order valence-corrected chi connectivity index (χ3v) is 6.93. The van der Waals surface area contributed by atoms with Crippen LogP contribution in [0.25, 0.3) is 10.2 Å². The Morgan fingerprint density at radius 2 is 2.17 bits per heavy atom. The number of hydrogen-bond donors (Lipinski definition) is 1. The summed E-state index contributed by atoms with van der Waals surface area (Å²) in [6, 6.07) is 9.77. The molecule has 0 unspecified atom stereocenters. The number of carbonyl (C=O) groups is 1. The first-order chi connectivity index (χ1) is 14.1. The standard InChI is InChI=1S/C21H23N3O3S2/c1-27-16-8-4-5-14(11-16)12-24-20(26)19-17(9-10-28-19)23-21(24)29-13-18(25)22-15-6-2-3-7-15/h4-5,8-11,15H,2-3,6-7,12-13H2,1H3,(H,22,25). The fraction of sp³-hybridized carbons (Fsp3) is 0.381. The molecule has 0 aliphatic heterocycles. The Labute approximate surface area is 177 Å². The molecule has 1 fully saturated rings. The first-order valence-electron chi connectivity index (χ1n) is 9.67. The van der Waals surface area contributed by atoms with Gasteiger partial charge in [-0.15, -0.1) is 11.3 Å². The average Bonchev–Trinajstić information content (AvgIpc) is 3.41. The highest BCUT2D eigenvalue weighted by atomic mass is 32.2. The molecule has 0 radical (unpaired) electrons. The largest absolute Gasteiger partial charge is 0.497 e. The third kappa shape index (κ3) is 4.64. The number of hydrogen-bond acceptors (Lipinski definition) is 6. The van der Waals surface area contributed by atoms with Gasteiger partial charge >= 0.3 is 0 Å². The van der Waals surface area contributed by atoms with Gasteiger partial charge in [0.1, 0.15) is 10.4 Å². The SMILES string of the molecule is COc1cccc(Cn2c(SCC(=O)NC3CCCC3)nc3ccsc3c2=O)c1. The van der Waals surface area contributed by atoms with Crippen molar-refractivity contribution in [1.82, 2.24) is 14.9 Å². The summed E-state index contributed by atoms with van der Waals surface area (Å²) in [6.07, 6.45) is 4.45. The topological polar surface area (TPSA) is 73.2 Å². The maximum Gasteiger partial charge on any atom is 0.272 e. The number of benzene rings is 1.